The van der Waals surface area contributed by atoms with E-state index in [1.807, 2.05) is 0 Å². The van der Waals surface area contributed by atoms with Crippen molar-refractivity contribution < 1.29 is 4.74 Å². The molecule has 0 aliphatic heterocycles. The van der Waals surface area contributed by atoms with Gasteiger partial charge in [-0.2, -0.15) is 0 Å². The summed E-state index contributed by atoms with van der Waals surface area (Å²) in [5, 5.41) is 0. The molecule has 0 radical (unpaired) electrons. The van der Waals surface area contributed by atoms with Crippen LogP contribution in [0.15, 0.2) is 0 Å². The van der Waals surface area contributed by atoms with Gasteiger partial charge in [-0.25, -0.2) is 0 Å². The van der Waals surface area contributed by atoms with Crippen LogP contribution in [0.4, 0.5) is 0 Å². The van der Waals surface area contributed by atoms with Crippen LogP contribution in [-0.2, 0) is 4.74 Å². The molecule has 0 amide bonds. The predicted octanol–water partition coefficient (Wildman–Crippen LogP) is 3.88. The van der Waals surface area contributed by atoms with E-state index in [1.165, 1.54) is 51.4 Å². The Bertz CT molecular complexity index is 103. The van der Waals surface area contributed by atoms with Crippen LogP contribution in [0, 0.1) is 0 Å². The lowest BCUT2D eigenvalue weighted by atomic mass is 10.1. The third kappa shape index (κ3) is 13.9. The molecule has 2 heteroatoms. The van der Waals surface area contributed by atoms with Gasteiger partial charge in [0.15, 0.2) is 0 Å². The molecule has 0 saturated heterocycles. The molecule has 0 aromatic heterocycles. The van der Waals surface area contributed by atoms with E-state index in [9.17, 15) is 0 Å². The summed E-state index contributed by atoms with van der Waals surface area (Å²) in [6.07, 6.45) is 13.2. The first-order valence-corrected chi connectivity index (χ1v) is 7.19. The summed E-state index contributed by atoms with van der Waals surface area (Å²) in [5.74, 6) is 0. The maximum Gasteiger partial charge on any atom is 0.0466 e. The molecule has 16 heavy (non-hydrogen) atoms. The van der Waals surface area contributed by atoms with Gasteiger partial charge in [-0.05, 0) is 25.8 Å². The summed E-state index contributed by atoms with van der Waals surface area (Å²) in [4.78, 5) is 0. The minimum atomic E-state index is 0.793. The van der Waals surface area contributed by atoms with Gasteiger partial charge in [0, 0.05) is 13.2 Å². The zero-order valence-corrected chi connectivity index (χ0v) is 11.2. The second kappa shape index (κ2) is 14.9. The van der Waals surface area contributed by atoms with Gasteiger partial charge < -0.3 is 10.5 Å². The van der Waals surface area contributed by atoms with Crippen molar-refractivity contribution >= 4 is 0 Å². The molecule has 2 N–H and O–H groups in total. The molecule has 0 bridgehead atoms. The van der Waals surface area contributed by atoms with Gasteiger partial charge in [0.2, 0.25) is 0 Å². The lowest BCUT2D eigenvalue weighted by molar-refractivity contribution is 0.126. The zero-order valence-electron chi connectivity index (χ0n) is 11.2. The normalized spacial score (nSPS) is 10.9. The Hall–Kier alpha value is -0.0800. The van der Waals surface area contributed by atoms with Crippen LogP contribution in [0.5, 0.6) is 0 Å². The summed E-state index contributed by atoms with van der Waals surface area (Å²) >= 11 is 0. The first-order valence-electron chi connectivity index (χ1n) is 7.19. The highest BCUT2D eigenvalue weighted by Crippen LogP contribution is 2.08. The quantitative estimate of drug-likeness (QED) is 0.486. The van der Waals surface area contributed by atoms with E-state index in [1.54, 1.807) is 0 Å². The molecule has 0 saturated carbocycles. The fourth-order valence-corrected chi connectivity index (χ4v) is 1.79. The van der Waals surface area contributed by atoms with E-state index in [-0.39, 0.29) is 0 Å². The fourth-order valence-electron chi connectivity index (χ4n) is 1.79. The highest BCUT2D eigenvalue weighted by molar-refractivity contribution is 4.46. The Morgan fingerprint density at radius 2 is 1.19 bits per heavy atom. The van der Waals surface area contributed by atoms with Crippen molar-refractivity contribution in [3.63, 3.8) is 0 Å². The fraction of sp³-hybridized carbons (Fsp3) is 1.00. The molecular formula is C14H31NO. The van der Waals surface area contributed by atoms with Crippen molar-refractivity contribution in [3.05, 3.63) is 0 Å². The summed E-state index contributed by atoms with van der Waals surface area (Å²) < 4.78 is 5.53. The van der Waals surface area contributed by atoms with Crippen LogP contribution in [-0.4, -0.2) is 19.8 Å². The van der Waals surface area contributed by atoms with E-state index in [0.29, 0.717) is 0 Å². The number of unbranched alkanes of at least 4 members (excludes halogenated alkanes) is 8. The summed E-state index contributed by atoms with van der Waals surface area (Å²) in [6.45, 7) is 4.90. The van der Waals surface area contributed by atoms with Crippen LogP contribution in [0.3, 0.4) is 0 Å². The predicted molar refractivity (Wildman–Crippen MR) is 71.7 cm³/mol. The van der Waals surface area contributed by atoms with Crippen molar-refractivity contribution in [1.82, 2.24) is 0 Å². The summed E-state index contributed by atoms with van der Waals surface area (Å²) in [5.41, 5.74) is 5.40. The van der Waals surface area contributed by atoms with Gasteiger partial charge in [-0.15, -0.1) is 0 Å². The second-order valence-corrected chi connectivity index (χ2v) is 4.58. The molecule has 0 rings (SSSR count). The highest BCUT2D eigenvalue weighted by Gasteiger charge is 1.92. The molecule has 0 aromatic carbocycles. The largest absolute Gasteiger partial charge is 0.381 e. The lowest BCUT2D eigenvalue weighted by Crippen LogP contribution is -2.02. The lowest BCUT2D eigenvalue weighted by Gasteiger charge is -2.04. The Morgan fingerprint density at radius 3 is 1.75 bits per heavy atom. The average molecular weight is 229 g/mol. The molecule has 0 spiro atoms. The minimum absolute atomic E-state index is 0.793. The van der Waals surface area contributed by atoms with Gasteiger partial charge in [0.05, 0.1) is 0 Å². The first kappa shape index (κ1) is 15.9. The molecule has 0 fully saturated rings. The third-order valence-corrected chi connectivity index (χ3v) is 2.89. The van der Waals surface area contributed by atoms with E-state index in [0.717, 1.165) is 32.6 Å². The Morgan fingerprint density at radius 1 is 0.688 bits per heavy atom. The van der Waals surface area contributed by atoms with E-state index in [4.69, 9.17) is 10.5 Å². The standard InChI is InChI=1S/C14H31NO/c1-2-3-4-5-6-7-8-10-13-16-14-11-9-12-15/h2-15H2,1H3. The van der Waals surface area contributed by atoms with Crippen LogP contribution in [0.2, 0.25) is 0 Å². The van der Waals surface area contributed by atoms with E-state index in [2.05, 4.69) is 6.92 Å². The van der Waals surface area contributed by atoms with Crippen LogP contribution in [0.1, 0.15) is 71.1 Å². The van der Waals surface area contributed by atoms with Crippen molar-refractivity contribution in [1.29, 1.82) is 0 Å². The molecular weight excluding hydrogens is 198 g/mol. The summed E-state index contributed by atoms with van der Waals surface area (Å²) in [7, 11) is 0. The molecule has 0 atom stereocenters. The number of ether oxygens (including phenoxy) is 1. The zero-order chi connectivity index (χ0) is 11.9. The van der Waals surface area contributed by atoms with Crippen molar-refractivity contribution in [2.24, 2.45) is 5.73 Å². The molecule has 0 heterocycles. The SMILES string of the molecule is CCCCCCCCCCOCCCCN. The van der Waals surface area contributed by atoms with Crippen molar-refractivity contribution in [2.45, 2.75) is 71.1 Å². The summed E-state index contributed by atoms with van der Waals surface area (Å²) in [6, 6.07) is 0. The topological polar surface area (TPSA) is 35.2 Å². The molecule has 0 aliphatic rings. The molecule has 98 valence electrons. The molecule has 0 unspecified atom stereocenters. The number of nitrogens with two attached hydrogens (primary N) is 1. The maximum atomic E-state index is 5.53. The van der Waals surface area contributed by atoms with E-state index < -0.39 is 0 Å². The van der Waals surface area contributed by atoms with Crippen molar-refractivity contribution in [2.75, 3.05) is 19.8 Å². The first-order chi connectivity index (χ1) is 7.91. The molecule has 0 aliphatic carbocycles. The van der Waals surface area contributed by atoms with E-state index >= 15 is 0 Å². The minimum Gasteiger partial charge on any atom is -0.381 e. The maximum absolute atomic E-state index is 5.53. The third-order valence-electron chi connectivity index (χ3n) is 2.89. The number of hydrogen-bond acceptors (Lipinski definition) is 2. The number of hydrogen-bond donors (Lipinski definition) is 1. The average Bonchev–Trinajstić information content (AvgIpc) is 2.31. The van der Waals surface area contributed by atoms with Gasteiger partial charge in [-0.1, -0.05) is 51.9 Å². The second-order valence-electron chi connectivity index (χ2n) is 4.58. The number of rotatable bonds is 13. The van der Waals surface area contributed by atoms with Crippen molar-refractivity contribution in [3.8, 4) is 0 Å². The highest BCUT2D eigenvalue weighted by atomic mass is 16.5. The Balaban J connectivity index is 2.83. The monoisotopic (exact) mass is 229 g/mol. The van der Waals surface area contributed by atoms with Crippen LogP contribution < -0.4 is 5.73 Å². The van der Waals surface area contributed by atoms with Gasteiger partial charge in [0.25, 0.3) is 0 Å². The smallest absolute Gasteiger partial charge is 0.0466 e. The van der Waals surface area contributed by atoms with Crippen LogP contribution in [0.25, 0.3) is 0 Å². The molecule has 2 nitrogen and oxygen atoms in total. The van der Waals surface area contributed by atoms with Gasteiger partial charge in [0.1, 0.15) is 0 Å². The van der Waals surface area contributed by atoms with Gasteiger partial charge >= 0.3 is 0 Å². The van der Waals surface area contributed by atoms with Crippen LogP contribution >= 0.6 is 0 Å². The Labute approximate surface area is 102 Å². The van der Waals surface area contributed by atoms with Gasteiger partial charge in [-0.3, -0.25) is 0 Å². The molecule has 0 aromatic rings. The Kier molecular flexibility index (Phi) is 14.8.